The zero-order valence-corrected chi connectivity index (χ0v) is 14.6. The Hall–Kier alpha value is -3.21. The van der Waals surface area contributed by atoms with Gasteiger partial charge in [0, 0.05) is 29.2 Å². The van der Waals surface area contributed by atoms with Crippen molar-refractivity contribution in [2.75, 3.05) is 0 Å². The lowest BCUT2D eigenvalue weighted by atomic mass is 10.0. The van der Waals surface area contributed by atoms with Crippen molar-refractivity contribution < 1.29 is 0 Å². The number of aryl methyl sites for hydroxylation is 1. The number of aromatic nitrogens is 2. The highest BCUT2D eigenvalue weighted by molar-refractivity contribution is 6.10. The van der Waals surface area contributed by atoms with E-state index in [9.17, 15) is 0 Å². The molecule has 5 nitrogen and oxygen atoms in total. The van der Waals surface area contributed by atoms with Gasteiger partial charge in [-0.05, 0) is 55.5 Å². The largest absolute Gasteiger partial charge is 0.405 e. The number of nitrogens with two attached hydrogens (primary N) is 2. The average molecular weight is 333 g/mol. The predicted octanol–water partition coefficient (Wildman–Crippen LogP) is 3.64. The van der Waals surface area contributed by atoms with Gasteiger partial charge in [-0.1, -0.05) is 19.6 Å². The maximum absolute atomic E-state index is 5.77. The van der Waals surface area contributed by atoms with Crippen LogP contribution in [0, 0.1) is 6.92 Å². The van der Waals surface area contributed by atoms with E-state index in [0.717, 1.165) is 34.5 Å². The number of nitrogens with zero attached hydrogens (tertiary/aromatic N) is 3. The molecule has 2 rings (SSSR count). The Morgan fingerprint density at radius 1 is 1.28 bits per heavy atom. The SMILES string of the molecule is C=C(CC)C(=CN)c1cc(C(C=CN)=Nc2cccc(C)n2)ccn1. The van der Waals surface area contributed by atoms with Crippen LogP contribution in [0.5, 0.6) is 0 Å². The summed E-state index contributed by atoms with van der Waals surface area (Å²) < 4.78 is 0. The molecule has 0 saturated carbocycles. The van der Waals surface area contributed by atoms with E-state index in [1.54, 1.807) is 12.3 Å². The number of hydrogen-bond donors (Lipinski definition) is 2. The molecule has 2 heterocycles. The van der Waals surface area contributed by atoms with Crippen LogP contribution < -0.4 is 11.5 Å². The second kappa shape index (κ2) is 8.59. The topological polar surface area (TPSA) is 90.2 Å². The van der Waals surface area contributed by atoms with Gasteiger partial charge in [-0.25, -0.2) is 9.98 Å². The molecule has 25 heavy (non-hydrogen) atoms. The minimum Gasteiger partial charge on any atom is -0.405 e. The van der Waals surface area contributed by atoms with E-state index in [4.69, 9.17) is 11.5 Å². The highest BCUT2D eigenvalue weighted by Crippen LogP contribution is 2.23. The molecular formula is C20H23N5. The molecule has 128 valence electrons. The van der Waals surface area contributed by atoms with Crippen LogP contribution in [0.2, 0.25) is 0 Å². The quantitative estimate of drug-likeness (QED) is 0.624. The van der Waals surface area contributed by atoms with E-state index in [-0.39, 0.29) is 0 Å². The van der Waals surface area contributed by atoms with Crippen molar-refractivity contribution in [1.82, 2.24) is 9.97 Å². The van der Waals surface area contributed by atoms with Crippen molar-refractivity contribution in [3.8, 4) is 0 Å². The zero-order chi connectivity index (χ0) is 18.2. The van der Waals surface area contributed by atoms with E-state index in [1.807, 2.05) is 44.2 Å². The normalized spacial score (nSPS) is 12.6. The molecule has 2 aromatic heterocycles. The molecule has 0 amide bonds. The summed E-state index contributed by atoms with van der Waals surface area (Å²) in [5, 5.41) is 0. The fourth-order valence-corrected chi connectivity index (χ4v) is 2.32. The molecule has 0 aromatic carbocycles. The molecule has 0 aliphatic rings. The Bertz CT molecular complexity index is 847. The molecule has 4 N–H and O–H groups in total. The molecule has 0 unspecified atom stereocenters. The Morgan fingerprint density at radius 3 is 2.72 bits per heavy atom. The Balaban J connectivity index is 2.50. The summed E-state index contributed by atoms with van der Waals surface area (Å²) in [5.41, 5.74) is 16.4. The first kappa shape index (κ1) is 18.1. The lowest BCUT2D eigenvalue weighted by Crippen LogP contribution is -2.02. The van der Waals surface area contributed by atoms with Crippen LogP contribution in [0.3, 0.4) is 0 Å². The minimum atomic E-state index is 0.624. The molecule has 0 aliphatic carbocycles. The third kappa shape index (κ3) is 4.64. The number of pyridine rings is 2. The highest BCUT2D eigenvalue weighted by Gasteiger charge is 2.09. The maximum Gasteiger partial charge on any atom is 0.152 e. The molecule has 5 heteroatoms. The van der Waals surface area contributed by atoms with Crippen LogP contribution in [0.15, 0.2) is 72.1 Å². The number of rotatable bonds is 6. The number of hydrogen-bond acceptors (Lipinski definition) is 5. The van der Waals surface area contributed by atoms with Crippen LogP contribution in [0.4, 0.5) is 5.82 Å². The summed E-state index contributed by atoms with van der Waals surface area (Å²) >= 11 is 0. The lowest BCUT2D eigenvalue weighted by molar-refractivity contribution is 1.14. The second-order valence-corrected chi connectivity index (χ2v) is 5.46. The fraction of sp³-hybridized carbons (Fsp3) is 0.150. The van der Waals surface area contributed by atoms with Gasteiger partial charge in [0.25, 0.3) is 0 Å². The van der Waals surface area contributed by atoms with E-state index in [2.05, 4.69) is 21.5 Å². The van der Waals surface area contributed by atoms with Gasteiger partial charge in [0.15, 0.2) is 5.82 Å². The van der Waals surface area contributed by atoms with Gasteiger partial charge in [-0.2, -0.15) is 0 Å². The highest BCUT2D eigenvalue weighted by atomic mass is 14.9. The lowest BCUT2D eigenvalue weighted by Gasteiger charge is -2.10. The summed E-state index contributed by atoms with van der Waals surface area (Å²) in [6.45, 7) is 8.00. The summed E-state index contributed by atoms with van der Waals surface area (Å²) in [6.07, 6.45) is 7.26. The molecule has 0 radical (unpaired) electrons. The van der Waals surface area contributed by atoms with Crippen LogP contribution >= 0.6 is 0 Å². The predicted molar refractivity (Wildman–Crippen MR) is 104 cm³/mol. The third-order valence-corrected chi connectivity index (χ3v) is 3.67. The molecular weight excluding hydrogens is 310 g/mol. The van der Waals surface area contributed by atoms with E-state index in [0.29, 0.717) is 11.5 Å². The van der Waals surface area contributed by atoms with Crippen molar-refractivity contribution in [3.05, 3.63) is 84.1 Å². The van der Waals surface area contributed by atoms with E-state index >= 15 is 0 Å². The van der Waals surface area contributed by atoms with Crippen molar-refractivity contribution in [1.29, 1.82) is 0 Å². The van der Waals surface area contributed by atoms with Gasteiger partial charge in [0.2, 0.25) is 0 Å². The Morgan fingerprint density at radius 2 is 2.08 bits per heavy atom. The fourth-order valence-electron chi connectivity index (χ4n) is 2.32. The van der Waals surface area contributed by atoms with Crippen molar-refractivity contribution in [2.45, 2.75) is 20.3 Å². The van der Waals surface area contributed by atoms with Gasteiger partial charge in [0.05, 0.1) is 11.4 Å². The Labute approximate surface area is 148 Å². The van der Waals surface area contributed by atoms with Crippen LogP contribution in [0.1, 0.15) is 30.3 Å². The number of allylic oxidation sites excluding steroid dienone is 3. The summed E-state index contributed by atoms with van der Waals surface area (Å²) in [6, 6.07) is 9.50. The maximum atomic E-state index is 5.77. The Kier molecular flexibility index (Phi) is 6.23. The number of aliphatic imine (C=N–C) groups is 1. The molecule has 0 atom stereocenters. The minimum absolute atomic E-state index is 0.624. The van der Waals surface area contributed by atoms with E-state index in [1.165, 1.54) is 12.4 Å². The molecule has 2 aromatic rings. The van der Waals surface area contributed by atoms with Gasteiger partial charge in [-0.15, -0.1) is 0 Å². The molecule has 0 fully saturated rings. The monoisotopic (exact) mass is 333 g/mol. The summed E-state index contributed by atoms with van der Waals surface area (Å²) in [5.74, 6) is 0.624. The first-order valence-electron chi connectivity index (χ1n) is 8.06. The van der Waals surface area contributed by atoms with Crippen LogP contribution in [-0.4, -0.2) is 15.7 Å². The van der Waals surface area contributed by atoms with Gasteiger partial charge in [0.1, 0.15) is 0 Å². The van der Waals surface area contributed by atoms with Gasteiger partial charge >= 0.3 is 0 Å². The van der Waals surface area contributed by atoms with Crippen molar-refractivity contribution in [3.63, 3.8) is 0 Å². The summed E-state index contributed by atoms with van der Waals surface area (Å²) in [7, 11) is 0. The van der Waals surface area contributed by atoms with Gasteiger partial charge < -0.3 is 11.5 Å². The first-order chi connectivity index (χ1) is 12.1. The summed E-state index contributed by atoms with van der Waals surface area (Å²) in [4.78, 5) is 13.4. The molecule has 0 bridgehead atoms. The second-order valence-electron chi connectivity index (χ2n) is 5.46. The average Bonchev–Trinajstić information content (AvgIpc) is 2.62. The molecule has 0 spiro atoms. The van der Waals surface area contributed by atoms with Gasteiger partial charge in [-0.3, -0.25) is 4.98 Å². The molecule has 0 saturated heterocycles. The van der Waals surface area contributed by atoms with E-state index < -0.39 is 0 Å². The van der Waals surface area contributed by atoms with Crippen LogP contribution in [-0.2, 0) is 0 Å². The molecule has 0 aliphatic heterocycles. The van der Waals surface area contributed by atoms with Crippen molar-refractivity contribution >= 4 is 17.1 Å². The first-order valence-corrected chi connectivity index (χ1v) is 8.06. The van der Waals surface area contributed by atoms with Crippen molar-refractivity contribution in [2.24, 2.45) is 16.5 Å². The smallest absolute Gasteiger partial charge is 0.152 e. The standard InChI is InChI=1S/C20H23N5/c1-4-14(2)17(13-22)19-12-16(9-11-23-19)18(8-10-21)25-20-7-5-6-15(3)24-20/h5-13H,2,4,21-22H2,1,3H3. The van der Waals surface area contributed by atoms with Crippen LogP contribution in [0.25, 0.3) is 5.57 Å². The zero-order valence-electron chi connectivity index (χ0n) is 14.6. The third-order valence-electron chi connectivity index (χ3n) is 3.67.